The van der Waals surface area contributed by atoms with Crippen molar-refractivity contribution in [2.75, 3.05) is 19.0 Å². The number of methoxy groups -OCH3 is 1. The smallest absolute Gasteiger partial charge is 0.323 e. The standard InChI is InChI=1S/C29H29N3O3/c1-4-35-23-14-12-21(13-15-23)28-26-10-7-17-31(26)25-9-6-5-8-22(25)19-32(28)29(33)30-24-18-20(2)11-16-27(24)34-3/h5-18,28H,4,19H2,1-3H3,(H,30,33)/t28-/m0/s1. The third kappa shape index (κ3) is 4.35. The molecule has 35 heavy (non-hydrogen) atoms. The van der Waals surface area contributed by atoms with Gasteiger partial charge in [0.15, 0.2) is 0 Å². The van der Waals surface area contributed by atoms with Crippen LogP contribution < -0.4 is 14.8 Å². The molecule has 1 aliphatic rings. The van der Waals surface area contributed by atoms with E-state index in [1.165, 1.54) is 0 Å². The quantitative estimate of drug-likeness (QED) is 0.373. The molecule has 0 radical (unpaired) electrons. The zero-order valence-corrected chi connectivity index (χ0v) is 20.2. The molecule has 0 spiro atoms. The molecule has 1 N–H and O–H groups in total. The molecule has 1 atom stereocenters. The molecule has 0 aliphatic carbocycles. The van der Waals surface area contributed by atoms with Crippen LogP contribution in [0.5, 0.6) is 11.5 Å². The van der Waals surface area contributed by atoms with Gasteiger partial charge in [-0.2, -0.15) is 0 Å². The van der Waals surface area contributed by atoms with Gasteiger partial charge in [-0.05, 0) is 73.0 Å². The SMILES string of the molecule is CCOc1ccc([C@H]2c3cccn3-c3ccccc3CN2C(=O)Nc2cc(C)ccc2OC)cc1. The number of ether oxygens (including phenoxy) is 2. The Balaban J connectivity index is 1.60. The number of hydrogen-bond donors (Lipinski definition) is 1. The summed E-state index contributed by atoms with van der Waals surface area (Å²) >= 11 is 0. The van der Waals surface area contributed by atoms with Crippen LogP contribution in [0.3, 0.4) is 0 Å². The molecule has 178 valence electrons. The number of para-hydroxylation sites is 1. The van der Waals surface area contributed by atoms with Crippen LogP contribution in [-0.4, -0.2) is 29.2 Å². The zero-order chi connectivity index (χ0) is 24.4. The molecule has 6 nitrogen and oxygen atoms in total. The number of anilines is 1. The number of benzene rings is 3. The minimum atomic E-state index is -0.302. The number of nitrogens with one attached hydrogen (secondary N) is 1. The van der Waals surface area contributed by atoms with Crippen LogP contribution in [0.25, 0.3) is 5.69 Å². The Bertz CT molecular complexity index is 1340. The lowest BCUT2D eigenvalue weighted by Gasteiger charge is -2.31. The average molecular weight is 468 g/mol. The largest absolute Gasteiger partial charge is 0.495 e. The Morgan fingerprint density at radius 3 is 2.60 bits per heavy atom. The predicted molar refractivity (Wildman–Crippen MR) is 138 cm³/mol. The van der Waals surface area contributed by atoms with Gasteiger partial charge < -0.3 is 24.3 Å². The Kier molecular flexibility index (Phi) is 6.19. The third-order valence-corrected chi connectivity index (χ3v) is 6.33. The lowest BCUT2D eigenvalue weighted by Crippen LogP contribution is -2.38. The Morgan fingerprint density at radius 1 is 1.03 bits per heavy atom. The van der Waals surface area contributed by atoms with Gasteiger partial charge in [0.05, 0.1) is 37.7 Å². The molecule has 0 saturated carbocycles. The first kappa shape index (κ1) is 22.6. The van der Waals surface area contributed by atoms with Crippen molar-refractivity contribution in [1.82, 2.24) is 9.47 Å². The molecule has 3 aromatic carbocycles. The normalized spacial score (nSPS) is 14.5. The Labute approximate surface area is 205 Å². The van der Waals surface area contributed by atoms with E-state index in [9.17, 15) is 4.79 Å². The summed E-state index contributed by atoms with van der Waals surface area (Å²) in [6.45, 7) is 5.02. The molecule has 4 aromatic rings. The van der Waals surface area contributed by atoms with Crippen LogP contribution in [0, 0.1) is 6.92 Å². The molecule has 0 unspecified atom stereocenters. The van der Waals surface area contributed by atoms with Crippen molar-refractivity contribution in [2.24, 2.45) is 0 Å². The van der Waals surface area contributed by atoms with E-state index >= 15 is 0 Å². The van der Waals surface area contributed by atoms with Crippen LogP contribution in [0.15, 0.2) is 85.1 Å². The van der Waals surface area contributed by atoms with Crippen LogP contribution in [0.1, 0.15) is 35.3 Å². The highest BCUT2D eigenvalue weighted by Crippen LogP contribution is 2.38. The molecular formula is C29H29N3O3. The van der Waals surface area contributed by atoms with Gasteiger partial charge in [0.25, 0.3) is 0 Å². The van der Waals surface area contributed by atoms with Crippen LogP contribution in [0.2, 0.25) is 0 Å². The predicted octanol–water partition coefficient (Wildman–Crippen LogP) is 6.33. The summed E-state index contributed by atoms with van der Waals surface area (Å²) in [5, 5.41) is 3.11. The van der Waals surface area contributed by atoms with Gasteiger partial charge in [0, 0.05) is 11.9 Å². The highest BCUT2D eigenvalue weighted by atomic mass is 16.5. The van der Waals surface area contributed by atoms with Gasteiger partial charge in [-0.25, -0.2) is 4.79 Å². The molecular weight excluding hydrogens is 438 g/mol. The van der Waals surface area contributed by atoms with Gasteiger partial charge in [0.1, 0.15) is 11.5 Å². The van der Waals surface area contributed by atoms with Crippen LogP contribution in [-0.2, 0) is 6.54 Å². The van der Waals surface area contributed by atoms with E-state index in [-0.39, 0.29) is 12.1 Å². The lowest BCUT2D eigenvalue weighted by molar-refractivity contribution is 0.194. The Morgan fingerprint density at radius 2 is 1.83 bits per heavy atom. The molecule has 1 aromatic heterocycles. The summed E-state index contributed by atoms with van der Waals surface area (Å²) in [6.07, 6.45) is 2.06. The molecule has 0 bridgehead atoms. The minimum absolute atomic E-state index is 0.197. The fourth-order valence-electron chi connectivity index (χ4n) is 4.71. The monoisotopic (exact) mass is 467 g/mol. The molecule has 0 fully saturated rings. The summed E-state index contributed by atoms with van der Waals surface area (Å²) in [7, 11) is 1.61. The first-order valence-electron chi connectivity index (χ1n) is 11.8. The number of aryl methyl sites for hydroxylation is 1. The molecule has 6 heteroatoms. The lowest BCUT2D eigenvalue weighted by atomic mass is 10.0. The highest BCUT2D eigenvalue weighted by Gasteiger charge is 2.33. The number of hydrogen-bond acceptors (Lipinski definition) is 3. The summed E-state index contributed by atoms with van der Waals surface area (Å²) in [5.74, 6) is 1.43. The zero-order valence-electron chi connectivity index (χ0n) is 20.2. The van der Waals surface area contributed by atoms with Crippen molar-refractivity contribution in [3.63, 3.8) is 0 Å². The van der Waals surface area contributed by atoms with E-state index in [0.717, 1.165) is 33.8 Å². The second-order valence-electron chi connectivity index (χ2n) is 8.60. The van der Waals surface area contributed by atoms with Crippen LogP contribution >= 0.6 is 0 Å². The first-order chi connectivity index (χ1) is 17.1. The molecule has 0 saturated heterocycles. The molecule has 2 heterocycles. The molecule has 5 rings (SSSR count). The number of aromatic nitrogens is 1. The van der Waals surface area contributed by atoms with E-state index < -0.39 is 0 Å². The number of fused-ring (bicyclic) bond motifs is 3. The van der Waals surface area contributed by atoms with Crippen molar-refractivity contribution >= 4 is 11.7 Å². The first-order valence-corrected chi connectivity index (χ1v) is 11.8. The number of rotatable bonds is 5. The highest BCUT2D eigenvalue weighted by molar-refractivity contribution is 5.92. The topological polar surface area (TPSA) is 55.7 Å². The van der Waals surface area contributed by atoms with Crippen LogP contribution in [0.4, 0.5) is 10.5 Å². The van der Waals surface area contributed by atoms with Gasteiger partial charge >= 0.3 is 6.03 Å². The van der Waals surface area contributed by atoms with Crippen molar-refractivity contribution in [3.05, 3.63) is 107 Å². The second kappa shape index (κ2) is 9.58. The van der Waals surface area contributed by atoms with E-state index in [2.05, 4.69) is 34.3 Å². The van der Waals surface area contributed by atoms with Crippen molar-refractivity contribution in [1.29, 1.82) is 0 Å². The van der Waals surface area contributed by atoms with Crippen molar-refractivity contribution in [2.45, 2.75) is 26.4 Å². The van der Waals surface area contributed by atoms with E-state index in [1.54, 1.807) is 7.11 Å². The third-order valence-electron chi connectivity index (χ3n) is 6.33. The maximum Gasteiger partial charge on any atom is 0.323 e. The van der Waals surface area contributed by atoms with Gasteiger partial charge in [0.2, 0.25) is 0 Å². The fraction of sp³-hybridized carbons (Fsp3) is 0.207. The molecule has 1 aliphatic heterocycles. The average Bonchev–Trinajstić information content (AvgIpc) is 3.29. The number of amides is 2. The van der Waals surface area contributed by atoms with E-state index in [1.807, 2.05) is 79.4 Å². The minimum Gasteiger partial charge on any atom is -0.495 e. The number of urea groups is 1. The van der Waals surface area contributed by atoms with Gasteiger partial charge in [-0.3, -0.25) is 0 Å². The number of carbonyl (C=O) groups is 1. The summed E-state index contributed by atoms with van der Waals surface area (Å²) in [4.78, 5) is 15.8. The Hall–Kier alpha value is -4.19. The van der Waals surface area contributed by atoms with Crippen molar-refractivity contribution < 1.29 is 14.3 Å². The number of nitrogens with zero attached hydrogens (tertiary/aromatic N) is 2. The maximum atomic E-state index is 13.9. The van der Waals surface area contributed by atoms with Gasteiger partial charge in [-0.15, -0.1) is 0 Å². The summed E-state index contributed by atoms with van der Waals surface area (Å²) < 4.78 is 13.3. The van der Waals surface area contributed by atoms with Crippen molar-refractivity contribution in [3.8, 4) is 17.2 Å². The van der Waals surface area contributed by atoms with E-state index in [4.69, 9.17) is 9.47 Å². The van der Waals surface area contributed by atoms with E-state index in [0.29, 0.717) is 24.6 Å². The second-order valence-corrected chi connectivity index (χ2v) is 8.60. The summed E-state index contributed by atoms with van der Waals surface area (Å²) in [5.41, 5.74) is 5.87. The summed E-state index contributed by atoms with van der Waals surface area (Å²) in [6, 6.07) is 25.6. The maximum absolute atomic E-state index is 13.9. The fourth-order valence-corrected chi connectivity index (χ4v) is 4.71. The van der Waals surface area contributed by atoms with Gasteiger partial charge in [-0.1, -0.05) is 36.4 Å². The molecule has 2 amide bonds. The number of carbonyl (C=O) groups excluding carboxylic acids is 1.